The molecule has 0 aliphatic heterocycles. The van der Waals surface area contributed by atoms with Crippen molar-refractivity contribution in [2.75, 3.05) is 28.1 Å². The molecule has 0 atom stereocenters. The quantitative estimate of drug-likeness (QED) is 0.699. The average molecular weight is 212 g/mol. The van der Waals surface area contributed by atoms with Crippen LogP contribution in [0.1, 0.15) is 5.56 Å². The van der Waals surface area contributed by atoms with Crippen molar-refractivity contribution in [3.05, 3.63) is 17.7 Å². The van der Waals surface area contributed by atoms with Crippen LogP contribution in [0.4, 0.5) is 0 Å². The van der Waals surface area contributed by atoms with Gasteiger partial charge in [0.2, 0.25) is 0 Å². The number of methoxy groups -OCH3 is 3. The molecule has 0 heterocycles. The fraction of sp³-hybridized carbons (Fsp3) is 0.455. The Morgan fingerprint density at radius 3 is 2.20 bits per heavy atom. The van der Waals surface area contributed by atoms with E-state index in [0.29, 0.717) is 11.5 Å². The second kappa shape index (κ2) is 5.46. The summed E-state index contributed by atoms with van der Waals surface area (Å²) in [6.07, 6.45) is 0. The fourth-order valence-corrected chi connectivity index (χ4v) is 1.36. The SMILES string of the molecule is COCOc1ccc(OC)c(C)c1OC. The third-order valence-electron chi connectivity index (χ3n) is 2.08. The Kier molecular flexibility index (Phi) is 4.24. The molecule has 0 spiro atoms. The minimum absolute atomic E-state index is 0.197. The van der Waals surface area contributed by atoms with Gasteiger partial charge in [0, 0.05) is 12.7 Å². The summed E-state index contributed by atoms with van der Waals surface area (Å²) in [5, 5.41) is 0. The lowest BCUT2D eigenvalue weighted by Gasteiger charge is -2.14. The summed E-state index contributed by atoms with van der Waals surface area (Å²) in [7, 11) is 4.79. The second-order valence-electron chi connectivity index (χ2n) is 2.98. The van der Waals surface area contributed by atoms with E-state index in [-0.39, 0.29) is 6.79 Å². The molecule has 0 amide bonds. The summed E-state index contributed by atoms with van der Waals surface area (Å²) < 4.78 is 20.6. The van der Waals surface area contributed by atoms with Gasteiger partial charge in [-0.25, -0.2) is 0 Å². The summed E-state index contributed by atoms with van der Waals surface area (Å²) in [6.45, 7) is 2.11. The largest absolute Gasteiger partial charge is 0.496 e. The lowest BCUT2D eigenvalue weighted by molar-refractivity contribution is 0.0490. The Morgan fingerprint density at radius 1 is 1.00 bits per heavy atom. The fourth-order valence-electron chi connectivity index (χ4n) is 1.36. The van der Waals surface area contributed by atoms with Crippen molar-refractivity contribution in [1.82, 2.24) is 0 Å². The van der Waals surface area contributed by atoms with Gasteiger partial charge in [0.05, 0.1) is 14.2 Å². The number of ether oxygens (including phenoxy) is 4. The van der Waals surface area contributed by atoms with Crippen LogP contribution in [0, 0.1) is 6.92 Å². The molecule has 0 fully saturated rings. The molecule has 1 aromatic carbocycles. The highest BCUT2D eigenvalue weighted by Crippen LogP contribution is 2.36. The van der Waals surface area contributed by atoms with Crippen LogP contribution >= 0.6 is 0 Å². The van der Waals surface area contributed by atoms with Crippen LogP contribution in [0.5, 0.6) is 17.2 Å². The number of hydrogen-bond donors (Lipinski definition) is 0. The zero-order chi connectivity index (χ0) is 11.3. The molecule has 0 aromatic heterocycles. The standard InChI is InChI=1S/C11H16O4/c1-8-9(13-3)5-6-10(11(8)14-4)15-7-12-2/h5-6H,7H2,1-4H3. The Labute approximate surface area is 89.7 Å². The molecule has 0 bridgehead atoms. The molecule has 84 valence electrons. The summed E-state index contributed by atoms with van der Waals surface area (Å²) in [5.41, 5.74) is 0.911. The molecule has 0 aliphatic rings. The van der Waals surface area contributed by atoms with Gasteiger partial charge < -0.3 is 18.9 Å². The summed E-state index contributed by atoms with van der Waals surface area (Å²) in [5.74, 6) is 2.10. The van der Waals surface area contributed by atoms with E-state index in [0.717, 1.165) is 11.3 Å². The van der Waals surface area contributed by atoms with E-state index in [2.05, 4.69) is 0 Å². The molecule has 0 saturated heterocycles. The highest BCUT2D eigenvalue weighted by molar-refractivity contribution is 5.53. The van der Waals surface area contributed by atoms with Gasteiger partial charge >= 0.3 is 0 Å². The number of benzene rings is 1. The van der Waals surface area contributed by atoms with Gasteiger partial charge in [-0.1, -0.05) is 0 Å². The van der Waals surface area contributed by atoms with Crippen LogP contribution in [0.25, 0.3) is 0 Å². The van der Waals surface area contributed by atoms with E-state index in [1.165, 1.54) is 0 Å². The maximum Gasteiger partial charge on any atom is 0.188 e. The van der Waals surface area contributed by atoms with Crippen molar-refractivity contribution in [2.24, 2.45) is 0 Å². The molecular formula is C11H16O4. The van der Waals surface area contributed by atoms with E-state index in [9.17, 15) is 0 Å². The van der Waals surface area contributed by atoms with Crippen molar-refractivity contribution in [2.45, 2.75) is 6.92 Å². The molecule has 15 heavy (non-hydrogen) atoms. The predicted octanol–water partition coefficient (Wildman–Crippen LogP) is 1.99. The van der Waals surface area contributed by atoms with E-state index in [4.69, 9.17) is 18.9 Å². The van der Waals surface area contributed by atoms with Crippen LogP contribution < -0.4 is 14.2 Å². The van der Waals surface area contributed by atoms with Gasteiger partial charge in [0.25, 0.3) is 0 Å². The monoisotopic (exact) mass is 212 g/mol. The molecule has 0 unspecified atom stereocenters. The molecule has 0 aliphatic carbocycles. The zero-order valence-electron chi connectivity index (χ0n) is 9.49. The van der Waals surface area contributed by atoms with Crippen molar-refractivity contribution >= 4 is 0 Å². The summed E-state index contributed by atoms with van der Waals surface area (Å²) in [6, 6.07) is 3.63. The van der Waals surface area contributed by atoms with E-state index in [1.807, 2.05) is 13.0 Å². The van der Waals surface area contributed by atoms with Crippen molar-refractivity contribution in [3.63, 3.8) is 0 Å². The minimum Gasteiger partial charge on any atom is -0.496 e. The zero-order valence-corrected chi connectivity index (χ0v) is 9.49. The molecule has 4 nitrogen and oxygen atoms in total. The van der Waals surface area contributed by atoms with Crippen molar-refractivity contribution in [1.29, 1.82) is 0 Å². The highest BCUT2D eigenvalue weighted by atomic mass is 16.7. The molecule has 1 rings (SSSR count). The summed E-state index contributed by atoms with van der Waals surface area (Å²) in [4.78, 5) is 0. The highest BCUT2D eigenvalue weighted by Gasteiger charge is 2.11. The number of rotatable bonds is 5. The Balaban J connectivity index is 3.01. The normalized spacial score (nSPS) is 9.87. The van der Waals surface area contributed by atoms with Crippen LogP contribution in [-0.4, -0.2) is 28.1 Å². The molecule has 0 N–H and O–H groups in total. The van der Waals surface area contributed by atoms with E-state index < -0.39 is 0 Å². The van der Waals surface area contributed by atoms with Gasteiger partial charge in [-0.05, 0) is 19.1 Å². The van der Waals surface area contributed by atoms with Gasteiger partial charge in [-0.15, -0.1) is 0 Å². The maximum absolute atomic E-state index is 5.35. The first-order chi connectivity index (χ1) is 7.24. The first-order valence-corrected chi connectivity index (χ1v) is 4.58. The van der Waals surface area contributed by atoms with Crippen molar-refractivity contribution in [3.8, 4) is 17.2 Å². The number of hydrogen-bond acceptors (Lipinski definition) is 4. The van der Waals surface area contributed by atoms with Gasteiger partial charge in [0.15, 0.2) is 18.3 Å². The summed E-state index contributed by atoms with van der Waals surface area (Å²) >= 11 is 0. The Hall–Kier alpha value is -1.42. The van der Waals surface area contributed by atoms with Crippen LogP contribution in [0.2, 0.25) is 0 Å². The molecule has 0 radical (unpaired) electrons. The maximum atomic E-state index is 5.35. The van der Waals surface area contributed by atoms with Gasteiger partial charge in [-0.2, -0.15) is 0 Å². The lowest BCUT2D eigenvalue weighted by atomic mass is 10.2. The molecule has 4 heteroatoms. The van der Waals surface area contributed by atoms with Crippen LogP contribution in [0.3, 0.4) is 0 Å². The second-order valence-corrected chi connectivity index (χ2v) is 2.98. The third-order valence-corrected chi connectivity index (χ3v) is 2.08. The average Bonchev–Trinajstić information content (AvgIpc) is 2.26. The first-order valence-electron chi connectivity index (χ1n) is 4.58. The Bertz CT molecular complexity index is 323. The van der Waals surface area contributed by atoms with E-state index in [1.54, 1.807) is 27.4 Å². The smallest absolute Gasteiger partial charge is 0.188 e. The third kappa shape index (κ3) is 2.53. The van der Waals surface area contributed by atoms with Crippen LogP contribution in [-0.2, 0) is 4.74 Å². The van der Waals surface area contributed by atoms with Gasteiger partial charge in [0.1, 0.15) is 5.75 Å². The predicted molar refractivity (Wildman–Crippen MR) is 56.8 cm³/mol. The van der Waals surface area contributed by atoms with Crippen LogP contribution in [0.15, 0.2) is 12.1 Å². The lowest BCUT2D eigenvalue weighted by Crippen LogP contribution is -2.02. The Morgan fingerprint density at radius 2 is 1.67 bits per heavy atom. The van der Waals surface area contributed by atoms with Gasteiger partial charge in [-0.3, -0.25) is 0 Å². The molecular weight excluding hydrogens is 196 g/mol. The van der Waals surface area contributed by atoms with Crippen molar-refractivity contribution < 1.29 is 18.9 Å². The molecule has 0 saturated carbocycles. The topological polar surface area (TPSA) is 36.9 Å². The minimum atomic E-state index is 0.197. The van der Waals surface area contributed by atoms with E-state index >= 15 is 0 Å². The molecule has 1 aromatic rings. The first kappa shape index (κ1) is 11.7.